The molecular weight excluding hydrogens is 294 g/mol. The summed E-state index contributed by atoms with van der Waals surface area (Å²) < 4.78 is 2.43. The van der Waals surface area contributed by atoms with Crippen molar-refractivity contribution in [2.75, 3.05) is 13.1 Å². The van der Waals surface area contributed by atoms with Crippen LogP contribution in [0.1, 0.15) is 43.6 Å². The quantitative estimate of drug-likeness (QED) is 0.783. The number of benzene rings is 2. The first kappa shape index (κ1) is 15.4. The zero-order valence-electron chi connectivity index (χ0n) is 14.4. The molecule has 0 bridgehead atoms. The van der Waals surface area contributed by atoms with Gasteiger partial charge in [0.15, 0.2) is 5.82 Å². The van der Waals surface area contributed by atoms with Crippen LogP contribution in [-0.4, -0.2) is 22.6 Å². The molecule has 1 aliphatic heterocycles. The molecule has 4 rings (SSSR count). The van der Waals surface area contributed by atoms with Crippen LogP contribution in [0, 0.1) is 0 Å². The van der Waals surface area contributed by atoms with Gasteiger partial charge >= 0.3 is 0 Å². The third-order valence-electron chi connectivity index (χ3n) is 5.36. The van der Waals surface area contributed by atoms with Crippen molar-refractivity contribution in [3.05, 3.63) is 66.0 Å². The van der Waals surface area contributed by atoms with E-state index in [4.69, 9.17) is 4.98 Å². The van der Waals surface area contributed by atoms with Crippen LogP contribution in [-0.2, 0) is 6.54 Å². The number of hydrogen-bond donors (Lipinski definition) is 1. The molecule has 1 N–H and O–H groups in total. The van der Waals surface area contributed by atoms with Crippen LogP contribution in [0.15, 0.2) is 54.6 Å². The van der Waals surface area contributed by atoms with E-state index in [0.717, 1.165) is 12.1 Å². The number of nitrogens with one attached hydrogen (secondary N) is 1. The van der Waals surface area contributed by atoms with Gasteiger partial charge in [0.1, 0.15) is 6.04 Å². The minimum absolute atomic E-state index is 0.446. The lowest BCUT2D eigenvalue weighted by molar-refractivity contribution is -0.935. The molecule has 3 heteroatoms. The summed E-state index contributed by atoms with van der Waals surface area (Å²) in [4.78, 5) is 6.71. The average Bonchev–Trinajstić information content (AvgIpc) is 3.01. The van der Waals surface area contributed by atoms with E-state index in [-0.39, 0.29) is 0 Å². The smallest absolute Gasteiger partial charge is 0.168 e. The topological polar surface area (TPSA) is 22.3 Å². The fourth-order valence-electron chi connectivity index (χ4n) is 3.98. The van der Waals surface area contributed by atoms with Crippen molar-refractivity contribution in [3.63, 3.8) is 0 Å². The highest BCUT2D eigenvalue weighted by molar-refractivity contribution is 5.76. The molecule has 1 fully saturated rings. The Morgan fingerprint density at radius 1 is 0.958 bits per heavy atom. The molecule has 2 heterocycles. The van der Waals surface area contributed by atoms with Crippen molar-refractivity contribution in [1.29, 1.82) is 0 Å². The van der Waals surface area contributed by atoms with E-state index in [1.54, 1.807) is 4.90 Å². The summed E-state index contributed by atoms with van der Waals surface area (Å²) in [5.41, 5.74) is 3.70. The molecule has 0 unspecified atom stereocenters. The van der Waals surface area contributed by atoms with Gasteiger partial charge in [0.25, 0.3) is 0 Å². The number of likely N-dealkylation sites (tertiary alicyclic amines) is 1. The van der Waals surface area contributed by atoms with E-state index >= 15 is 0 Å². The summed E-state index contributed by atoms with van der Waals surface area (Å²) in [6.45, 7) is 5.79. The van der Waals surface area contributed by atoms with Crippen molar-refractivity contribution in [2.24, 2.45) is 0 Å². The fourth-order valence-corrected chi connectivity index (χ4v) is 3.98. The molecule has 3 nitrogen and oxygen atoms in total. The summed E-state index contributed by atoms with van der Waals surface area (Å²) >= 11 is 0. The largest absolute Gasteiger partial charge is 0.326 e. The Kier molecular flexibility index (Phi) is 4.35. The maximum atomic E-state index is 5.03. The second-order valence-corrected chi connectivity index (χ2v) is 6.97. The summed E-state index contributed by atoms with van der Waals surface area (Å²) in [5, 5.41) is 0. The second-order valence-electron chi connectivity index (χ2n) is 6.97. The first-order valence-corrected chi connectivity index (χ1v) is 9.16. The van der Waals surface area contributed by atoms with E-state index in [2.05, 4.69) is 66.1 Å². The van der Waals surface area contributed by atoms with E-state index in [9.17, 15) is 0 Å². The zero-order chi connectivity index (χ0) is 16.4. The Hall–Kier alpha value is -2.13. The third kappa shape index (κ3) is 2.96. The Bertz CT molecular complexity index is 800. The van der Waals surface area contributed by atoms with Crippen molar-refractivity contribution in [2.45, 2.75) is 38.8 Å². The predicted octanol–water partition coefficient (Wildman–Crippen LogP) is 3.21. The van der Waals surface area contributed by atoms with Crippen LogP contribution < -0.4 is 4.90 Å². The first-order valence-electron chi connectivity index (χ1n) is 9.16. The van der Waals surface area contributed by atoms with E-state index < -0.39 is 0 Å². The second kappa shape index (κ2) is 6.78. The number of hydrogen-bond acceptors (Lipinski definition) is 1. The third-order valence-corrected chi connectivity index (χ3v) is 5.36. The lowest BCUT2D eigenvalue weighted by Crippen LogP contribution is -3.12. The molecule has 24 heavy (non-hydrogen) atoms. The van der Waals surface area contributed by atoms with Crippen LogP contribution in [0.2, 0.25) is 0 Å². The molecule has 1 aliphatic rings. The first-order chi connectivity index (χ1) is 11.8. The van der Waals surface area contributed by atoms with Gasteiger partial charge in [-0.15, -0.1) is 0 Å². The lowest BCUT2D eigenvalue weighted by atomic mass is 10.1. The summed E-state index contributed by atoms with van der Waals surface area (Å²) in [5.74, 6) is 1.23. The molecule has 2 aromatic carbocycles. The number of rotatable bonds is 4. The SMILES string of the molecule is C[C@H](c1nc2ccccc2n1Cc1ccccc1)[NH+]1CCCCC1. The minimum atomic E-state index is 0.446. The summed E-state index contributed by atoms with van der Waals surface area (Å²) in [7, 11) is 0. The Labute approximate surface area is 143 Å². The molecule has 1 saturated heterocycles. The van der Waals surface area contributed by atoms with Crippen molar-refractivity contribution < 1.29 is 4.90 Å². The average molecular weight is 320 g/mol. The highest BCUT2D eigenvalue weighted by Gasteiger charge is 2.27. The van der Waals surface area contributed by atoms with Crippen molar-refractivity contribution in [3.8, 4) is 0 Å². The Morgan fingerprint density at radius 2 is 1.67 bits per heavy atom. The predicted molar refractivity (Wildman–Crippen MR) is 98.2 cm³/mol. The number of para-hydroxylation sites is 2. The van der Waals surface area contributed by atoms with Gasteiger partial charge in [-0.1, -0.05) is 42.5 Å². The summed E-state index contributed by atoms with van der Waals surface area (Å²) in [6.07, 6.45) is 4.08. The number of quaternary nitrogens is 1. The maximum absolute atomic E-state index is 5.03. The number of piperidine rings is 1. The summed E-state index contributed by atoms with van der Waals surface area (Å²) in [6, 6.07) is 19.7. The van der Waals surface area contributed by atoms with Gasteiger partial charge in [0, 0.05) is 6.54 Å². The van der Waals surface area contributed by atoms with Gasteiger partial charge in [0.2, 0.25) is 0 Å². The number of nitrogens with zero attached hydrogens (tertiary/aromatic N) is 2. The molecule has 0 radical (unpaired) electrons. The van der Waals surface area contributed by atoms with Crippen LogP contribution in [0.25, 0.3) is 11.0 Å². The Balaban J connectivity index is 1.74. The monoisotopic (exact) mass is 320 g/mol. The van der Waals surface area contributed by atoms with E-state index in [0.29, 0.717) is 6.04 Å². The standard InChI is InChI=1S/C21H25N3/c1-17(23-14-8-3-9-15-23)21-22-19-12-6-7-13-20(19)24(21)16-18-10-4-2-5-11-18/h2,4-7,10-13,17H,3,8-9,14-16H2,1H3/p+1/t17-/m1/s1. The zero-order valence-corrected chi connectivity index (χ0v) is 14.4. The molecule has 0 spiro atoms. The van der Waals surface area contributed by atoms with Crippen LogP contribution in [0.4, 0.5) is 0 Å². The van der Waals surface area contributed by atoms with E-state index in [1.807, 2.05) is 0 Å². The number of aromatic nitrogens is 2. The Morgan fingerprint density at radius 3 is 2.46 bits per heavy atom. The molecule has 0 aliphatic carbocycles. The van der Waals surface area contributed by atoms with Gasteiger partial charge < -0.3 is 9.47 Å². The molecular formula is C21H26N3+. The molecule has 0 saturated carbocycles. The van der Waals surface area contributed by atoms with Crippen molar-refractivity contribution in [1.82, 2.24) is 9.55 Å². The highest BCUT2D eigenvalue weighted by atomic mass is 15.2. The normalized spacial score (nSPS) is 17.2. The van der Waals surface area contributed by atoms with Crippen LogP contribution in [0.5, 0.6) is 0 Å². The lowest BCUT2D eigenvalue weighted by Gasteiger charge is -2.29. The number of fused-ring (bicyclic) bond motifs is 1. The fraction of sp³-hybridized carbons (Fsp3) is 0.381. The highest BCUT2D eigenvalue weighted by Crippen LogP contribution is 2.21. The van der Waals surface area contributed by atoms with Gasteiger partial charge in [-0.05, 0) is 43.9 Å². The molecule has 3 aromatic rings. The molecule has 1 atom stereocenters. The maximum Gasteiger partial charge on any atom is 0.168 e. The number of imidazole rings is 1. The van der Waals surface area contributed by atoms with E-state index in [1.165, 1.54) is 49.3 Å². The van der Waals surface area contributed by atoms with Gasteiger partial charge in [-0.3, -0.25) is 0 Å². The van der Waals surface area contributed by atoms with Crippen LogP contribution in [0.3, 0.4) is 0 Å². The van der Waals surface area contributed by atoms with Crippen molar-refractivity contribution >= 4 is 11.0 Å². The molecule has 1 aromatic heterocycles. The molecule has 124 valence electrons. The minimum Gasteiger partial charge on any atom is -0.326 e. The van der Waals surface area contributed by atoms with Gasteiger partial charge in [-0.25, -0.2) is 4.98 Å². The van der Waals surface area contributed by atoms with Gasteiger partial charge in [-0.2, -0.15) is 0 Å². The van der Waals surface area contributed by atoms with Gasteiger partial charge in [0.05, 0.1) is 24.1 Å². The molecule has 0 amide bonds. The van der Waals surface area contributed by atoms with Crippen LogP contribution >= 0.6 is 0 Å².